The fourth-order valence-electron chi connectivity index (χ4n) is 3.01. The smallest absolute Gasteiger partial charge is 0.303 e. The Morgan fingerprint density at radius 3 is 2.62 bits per heavy atom. The molecule has 0 bridgehead atoms. The molecule has 120 valence electrons. The zero-order chi connectivity index (χ0) is 16.7. The number of aliphatic carboxylic acids is 1. The van der Waals surface area contributed by atoms with E-state index in [1.54, 1.807) is 11.3 Å². The maximum absolute atomic E-state index is 11.1. The van der Waals surface area contributed by atoms with Gasteiger partial charge in [0.05, 0.1) is 10.2 Å². The molecule has 0 aliphatic heterocycles. The van der Waals surface area contributed by atoms with E-state index in [0.29, 0.717) is 11.4 Å². The molecule has 0 saturated heterocycles. The van der Waals surface area contributed by atoms with Crippen molar-refractivity contribution in [1.82, 2.24) is 4.40 Å². The van der Waals surface area contributed by atoms with Gasteiger partial charge >= 0.3 is 5.97 Å². The lowest BCUT2D eigenvalue weighted by molar-refractivity contribution is -0.136. The molecule has 5 heteroatoms. The highest BCUT2D eigenvalue weighted by Crippen LogP contribution is 2.37. The van der Waals surface area contributed by atoms with Crippen LogP contribution >= 0.6 is 22.9 Å². The second-order valence-corrected chi connectivity index (χ2v) is 7.13. The van der Waals surface area contributed by atoms with Crippen LogP contribution in [0, 0.1) is 0 Å². The molecule has 0 aliphatic carbocycles. The Balaban J connectivity index is 1.95. The number of para-hydroxylation sites is 1. The van der Waals surface area contributed by atoms with Gasteiger partial charge in [0.1, 0.15) is 4.83 Å². The van der Waals surface area contributed by atoms with Crippen molar-refractivity contribution >= 4 is 44.0 Å². The highest BCUT2D eigenvalue weighted by molar-refractivity contribution is 7.24. The molecule has 0 aliphatic rings. The van der Waals surface area contributed by atoms with Gasteiger partial charge in [-0.25, -0.2) is 0 Å². The molecule has 0 unspecified atom stereocenters. The number of carboxylic acids is 1. The number of fused-ring (bicyclic) bond motifs is 3. The first kappa shape index (κ1) is 15.2. The lowest BCUT2D eigenvalue weighted by Crippen LogP contribution is -1.97. The highest BCUT2D eigenvalue weighted by atomic mass is 35.5. The maximum atomic E-state index is 11.1. The van der Waals surface area contributed by atoms with Crippen molar-refractivity contribution in [1.29, 1.82) is 0 Å². The lowest BCUT2D eigenvalue weighted by atomic mass is 10.0. The monoisotopic (exact) mass is 355 g/mol. The molecule has 2 aromatic carbocycles. The standard InChI is InChI=1S/C19H14ClNO2S/c20-13-7-5-12(6-8-13)15-11-21-16-3-1-2-4-17(16)24-19(21)14(15)9-10-18(22)23/h1-8,11H,9-10H2,(H,22,23). The van der Waals surface area contributed by atoms with Crippen molar-refractivity contribution in [2.24, 2.45) is 0 Å². The van der Waals surface area contributed by atoms with E-state index in [-0.39, 0.29) is 6.42 Å². The minimum absolute atomic E-state index is 0.120. The van der Waals surface area contributed by atoms with E-state index < -0.39 is 5.97 Å². The van der Waals surface area contributed by atoms with E-state index in [0.717, 1.165) is 27.0 Å². The van der Waals surface area contributed by atoms with Gasteiger partial charge < -0.3 is 9.51 Å². The number of hydrogen-bond acceptors (Lipinski definition) is 2. The van der Waals surface area contributed by atoms with Gasteiger partial charge in [0.25, 0.3) is 0 Å². The van der Waals surface area contributed by atoms with Crippen LogP contribution in [0.1, 0.15) is 12.0 Å². The van der Waals surface area contributed by atoms with E-state index in [4.69, 9.17) is 16.7 Å². The maximum Gasteiger partial charge on any atom is 0.303 e. The van der Waals surface area contributed by atoms with Gasteiger partial charge in [-0.05, 0) is 41.8 Å². The predicted octanol–water partition coefficient (Wildman–Crippen LogP) is 5.49. The summed E-state index contributed by atoms with van der Waals surface area (Å²) >= 11 is 7.70. The highest BCUT2D eigenvalue weighted by Gasteiger charge is 2.17. The molecule has 4 rings (SSSR count). The predicted molar refractivity (Wildman–Crippen MR) is 99.2 cm³/mol. The summed E-state index contributed by atoms with van der Waals surface area (Å²) in [5, 5.41) is 9.79. The van der Waals surface area contributed by atoms with Crippen LogP contribution in [0.2, 0.25) is 5.02 Å². The molecule has 3 nitrogen and oxygen atoms in total. The van der Waals surface area contributed by atoms with Gasteiger partial charge in [-0.15, -0.1) is 11.3 Å². The SMILES string of the molecule is O=C(O)CCc1c(-c2ccc(Cl)cc2)cn2c1sc1ccccc12. The van der Waals surface area contributed by atoms with Crippen LogP contribution in [0.15, 0.2) is 54.7 Å². The molecule has 4 aromatic rings. The minimum Gasteiger partial charge on any atom is -0.481 e. The molecule has 0 radical (unpaired) electrons. The van der Waals surface area contributed by atoms with Crippen LogP contribution in [0.5, 0.6) is 0 Å². The van der Waals surface area contributed by atoms with E-state index >= 15 is 0 Å². The zero-order valence-corrected chi connectivity index (χ0v) is 14.3. The van der Waals surface area contributed by atoms with Crippen LogP contribution in [-0.4, -0.2) is 15.5 Å². The van der Waals surface area contributed by atoms with E-state index in [1.807, 2.05) is 36.4 Å². The molecule has 2 heterocycles. The Kier molecular flexibility index (Phi) is 3.79. The molecule has 0 atom stereocenters. The van der Waals surface area contributed by atoms with Gasteiger partial charge in [-0.2, -0.15) is 0 Å². The number of hydrogen-bond donors (Lipinski definition) is 1. The largest absolute Gasteiger partial charge is 0.481 e. The van der Waals surface area contributed by atoms with Crippen molar-refractivity contribution < 1.29 is 9.90 Å². The molecule has 0 fully saturated rings. The molecule has 1 N–H and O–H groups in total. The van der Waals surface area contributed by atoms with Crippen LogP contribution in [-0.2, 0) is 11.2 Å². The van der Waals surface area contributed by atoms with Crippen molar-refractivity contribution in [3.63, 3.8) is 0 Å². The molecule has 0 saturated carbocycles. The molecule has 2 aromatic heterocycles. The fraction of sp³-hybridized carbons (Fsp3) is 0.105. The summed E-state index contributed by atoms with van der Waals surface area (Å²) in [6.07, 6.45) is 2.74. The molecular weight excluding hydrogens is 342 g/mol. The summed E-state index contributed by atoms with van der Waals surface area (Å²) in [6, 6.07) is 15.9. The van der Waals surface area contributed by atoms with Gasteiger partial charge in [-0.3, -0.25) is 4.79 Å². The number of aryl methyl sites for hydroxylation is 1. The Morgan fingerprint density at radius 1 is 1.12 bits per heavy atom. The van der Waals surface area contributed by atoms with Crippen molar-refractivity contribution in [2.75, 3.05) is 0 Å². The molecule has 24 heavy (non-hydrogen) atoms. The minimum atomic E-state index is -0.780. The third kappa shape index (κ3) is 2.58. The summed E-state index contributed by atoms with van der Waals surface area (Å²) in [7, 11) is 0. The van der Waals surface area contributed by atoms with Crippen LogP contribution in [0.25, 0.3) is 26.2 Å². The average molecular weight is 356 g/mol. The molecular formula is C19H14ClNO2S. The average Bonchev–Trinajstić information content (AvgIpc) is 3.09. The first-order chi connectivity index (χ1) is 11.6. The third-order valence-corrected chi connectivity index (χ3v) is 5.59. The third-order valence-electron chi connectivity index (χ3n) is 4.14. The summed E-state index contributed by atoms with van der Waals surface area (Å²) in [4.78, 5) is 12.2. The Labute approximate surface area is 147 Å². The van der Waals surface area contributed by atoms with Crippen molar-refractivity contribution in [2.45, 2.75) is 12.8 Å². The van der Waals surface area contributed by atoms with Gasteiger partial charge in [0.2, 0.25) is 0 Å². The van der Waals surface area contributed by atoms with Crippen LogP contribution in [0.3, 0.4) is 0 Å². The second-order valence-electron chi connectivity index (χ2n) is 5.67. The summed E-state index contributed by atoms with van der Waals surface area (Å²) in [5.74, 6) is -0.780. The number of carbonyl (C=O) groups is 1. The number of nitrogens with zero attached hydrogens (tertiary/aromatic N) is 1. The molecule has 0 spiro atoms. The number of rotatable bonds is 4. The van der Waals surface area contributed by atoms with Crippen molar-refractivity contribution in [3.05, 3.63) is 65.3 Å². The second kappa shape index (κ2) is 5.96. The van der Waals surface area contributed by atoms with E-state index in [9.17, 15) is 4.79 Å². The first-order valence-electron chi connectivity index (χ1n) is 7.62. The zero-order valence-electron chi connectivity index (χ0n) is 12.7. The van der Waals surface area contributed by atoms with E-state index in [1.165, 1.54) is 4.70 Å². The number of carboxylic acid groups (broad SMARTS) is 1. The van der Waals surface area contributed by atoms with Crippen molar-refractivity contribution in [3.8, 4) is 11.1 Å². The Morgan fingerprint density at radius 2 is 1.88 bits per heavy atom. The lowest BCUT2D eigenvalue weighted by Gasteiger charge is -2.03. The summed E-state index contributed by atoms with van der Waals surface area (Å²) in [6.45, 7) is 0. The fourth-order valence-corrected chi connectivity index (χ4v) is 4.35. The Hall–Kier alpha value is -2.30. The number of thiazole rings is 1. The topological polar surface area (TPSA) is 41.7 Å². The Bertz CT molecular complexity index is 1050. The summed E-state index contributed by atoms with van der Waals surface area (Å²) < 4.78 is 3.37. The molecule has 0 amide bonds. The number of benzene rings is 2. The van der Waals surface area contributed by atoms with Gasteiger partial charge in [0, 0.05) is 23.2 Å². The number of halogens is 1. The van der Waals surface area contributed by atoms with Gasteiger partial charge in [0.15, 0.2) is 0 Å². The quantitative estimate of drug-likeness (QED) is 0.525. The number of aromatic nitrogens is 1. The van der Waals surface area contributed by atoms with Crippen LogP contribution < -0.4 is 0 Å². The van der Waals surface area contributed by atoms with Gasteiger partial charge in [-0.1, -0.05) is 35.9 Å². The van der Waals surface area contributed by atoms with E-state index in [2.05, 4.69) is 22.7 Å². The normalized spacial score (nSPS) is 11.4. The summed E-state index contributed by atoms with van der Waals surface area (Å²) in [5.41, 5.74) is 4.36. The first-order valence-corrected chi connectivity index (χ1v) is 8.82. The van der Waals surface area contributed by atoms with Crippen LogP contribution in [0.4, 0.5) is 0 Å².